The Kier molecular flexibility index (Phi) is 3.17. The molecule has 2 aromatic heterocycles. The molecule has 0 saturated carbocycles. The molecule has 0 aliphatic carbocycles. The van der Waals surface area contributed by atoms with Crippen LogP contribution in [0.3, 0.4) is 0 Å². The fourth-order valence-electron chi connectivity index (χ4n) is 2.22. The van der Waals surface area contributed by atoms with E-state index in [9.17, 15) is 9.50 Å². The molecule has 3 rings (SSSR count). The second-order valence-electron chi connectivity index (χ2n) is 4.46. The van der Waals surface area contributed by atoms with Crippen molar-refractivity contribution in [1.82, 2.24) is 19.5 Å². The van der Waals surface area contributed by atoms with Crippen LogP contribution in [0.2, 0.25) is 0 Å². The summed E-state index contributed by atoms with van der Waals surface area (Å²) < 4.78 is 20.9. The smallest absolute Gasteiger partial charge is 0.200 e. The lowest BCUT2D eigenvalue weighted by Crippen LogP contribution is -2.30. The molecular weight excluding hydrogens is 289 g/mol. The highest BCUT2D eigenvalue weighted by Gasteiger charge is 2.45. The zero-order valence-corrected chi connectivity index (χ0v) is 10.9. The van der Waals surface area contributed by atoms with Crippen LogP contribution in [0.4, 0.5) is 10.3 Å². The summed E-state index contributed by atoms with van der Waals surface area (Å²) in [5, 5.41) is 18.7. The van der Waals surface area contributed by atoms with Crippen LogP contribution < -0.4 is 5.73 Å². The minimum atomic E-state index is -1.71. The normalized spacial score (nSPS) is 30.1. The number of fused-ring (bicyclic) bond motifs is 1. The standard InChI is InChI=1S/C10H12FN5O3S/c11-4-6(18)3(1-17)19-9(4)16-2-13-5-7(16)14-10(12)15-8(5)20/h2-4,6,9,17-18H,1H2,(H3,12,14,15,20)/t3-,4-,6-,9-/m1/s1. The zero-order chi connectivity index (χ0) is 14.4. The SMILES string of the molecule is Nc1nc(=S)c2ncn([C@@H]3O[C@H](CO)[C@@H](O)[C@H]3F)c2[nH]1. The first-order chi connectivity index (χ1) is 9.52. The van der Waals surface area contributed by atoms with Gasteiger partial charge in [0.15, 0.2) is 23.0 Å². The van der Waals surface area contributed by atoms with Crippen LogP contribution >= 0.6 is 12.2 Å². The first-order valence-electron chi connectivity index (χ1n) is 5.83. The van der Waals surface area contributed by atoms with Crippen LogP contribution in [-0.4, -0.2) is 54.7 Å². The number of imidazole rings is 1. The fourth-order valence-corrected chi connectivity index (χ4v) is 2.47. The molecule has 1 aliphatic heterocycles. The number of nitrogen functional groups attached to an aromatic ring is 1. The van der Waals surface area contributed by atoms with Crippen molar-refractivity contribution in [2.24, 2.45) is 0 Å². The van der Waals surface area contributed by atoms with Gasteiger partial charge in [0, 0.05) is 0 Å². The number of anilines is 1. The Bertz CT molecular complexity index is 704. The number of nitrogens with one attached hydrogen (secondary N) is 1. The average molecular weight is 301 g/mol. The third kappa shape index (κ3) is 1.88. The molecule has 0 aromatic carbocycles. The van der Waals surface area contributed by atoms with Gasteiger partial charge in [0.1, 0.15) is 23.4 Å². The molecule has 0 radical (unpaired) electrons. The van der Waals surface area contributed by atoms with E-state index in [0.717, 1.165) is 0 Å². The third-order valence-electron chi connectivity index (χ3n) is 3.21. The van der Waals surface area contributed by atoms with Crippen LogP contribution in [0.5, 0.6) is 0 Å². The number of rotatable bonds is 2. The number of halogens is 1. The van der Waals surface area contributed by atoms with E-state index >= 15 is 0 Å². The second kappa shape index (κ2) is 4.74. The molecule has 0 unspecified atom stereocenters. The molecule has 108 valence electrons. The highest BCUT2D eigenvalue weighted by Crippen LogP contribution is 2.33. The Morgan fingerprint density at radius 2 is 2.35 bits per heavy atom. The molecule has 1 fully saturated rings. The van der Waals surface area contributed by atoms with Crippen LogP contribution in [0, 0.1) is 4.64 Å². The van der Waals surface area contributed by atoms with Gasteiger partial charge in [-0.3, -0.25) is 4.57 Å². The van der Waals surface area contributed by atoms with Crippen molar-refractivity contribution in [2.75, 3.05) is 12.3 Å². The second-order valence-corrected chi connectivity index (χ2v) is 4.85. The predicted octanol–water partition coefficient (Wildman–Crippen LogP) is -0.340. The van der Waals surface area contributed by atoms with Crippen molar-refractivity contribution in [2.45, 2.75) is 24.6 Å². The maximum absolute atomic E-state index is 14.1. The lowest BCUT2D eigenvalue weighted by Gasteiger charge is -2.15. The zero-order valence-electron chi connectivity index (χ0n) is 10.1. The molecule has 1 aliphatic rings. The van der Waals surface area contributed by atoms with Gasteiger partial charge >= 0.3 is 0 Å². The number of aromatic nitrogens is 4. The van der Waals surface area contributed by atoms with Crippen LogP contribution in [0.25, 0.3) is 11.2 Å². The highest BCUT2D eigenvalue weighted by molar-refractivity contribution is 7.71. The van der Waals surface area contributed by atoms with Crippen molar-refractivity contribution in [3.8, 4) is 0 Å². The number of hydrogen-bond acceptors (Lipinski definition) is 7. The topological polar surface area (TPSA) is 122 Å². The van der Waals surface area contributed by atoms with Gasteiger partial charge in [-0.25, -0.2) is 14.4 Å². The molecule has 0 amide bonds. The number of ether oxygens (including phenoxy) is 1. The van der Waals surface area contributed by atoms with E-state index in [0.29, 0.717) is 11.2 Å². The van der Waals surface area contributed by atoms with Crippen LogP contribution in [0.15, 0.2) is 6.33 Å². The Labute approximate surface area is 117 Å². The molecular formula is C10H12FN5O3S. The van der Waals surface area contributed by atoms with Crippen molar-refractivity contribution in [3.63, 3.8) is 0 Å². The molecule has 4 atom stereocenters. The number of nitrogens with zero attached hydrogens (tertiary/aromatic N) is 3. The fraction of sp³-hybridized carbons (Fsp3) is 0.500. The summed E-state index contributed by atoms with van der Waals surface area (Å²) >= 11 is 5.02. The minimum absolute atomic E-state index is 0.0666. The molecule has 5 N–H and O–H groups in total. The molecule has 2 aromatic rings. The summed E-state index contributed by atoms with van der Waals surface area (Å²) in [5.74, 6) is 0.0666. The first kappa shape index (κ1) is 13.4. The number of alkyl halides is 1. The lowest BCUT2D eigenvalue weighted by atomic mass is 10.1. The van der Waals surface area contributed by atoms with E-state index in [4.69, 9.17) is 27.8 Å². The summed E-state index contributed by atoms with van der Waals surface area (Å²) in [4.78, 5) is 10.6. The summed E-state index contributed by atoms with van der Waals surface area (Å²) in [7, 11) is 0. The Hall–Kier alpha value is -1.62. The lowest BCUT2D eigenvalue weighted by molar-refractivity contribution is -0.0459. The van der Waals surface area contributed by atoms with Gasteiger partial charge in [-0.15, -0.1) is 0 Å². The minimum Gasteiger partial charge on any atom is -0.394 e. The largest absolute Gasteiger partial charge is 0.394 e. The van der Waals surface area contributed by atoms with E-state index in [2.05, 4.69) is 15.0 Å². The van der Waals surface area contributed by atoms with Crippen molar-refractivity contribution < 1.29 is 19.3 Å². The Morgan fingerprint density at radius 3 is 3.00 bits per heavy atom. The van der Waals surface area contributed by atoms with Gasteiger partial charge in [-0.1, -0.05) is 12.2 Å². The first-order valence-corrected chi connectivity index (χ1v) is 6.24. The molecule has 20 heavy (non-hydrogen) atoms. The number of hydrogen-bond donors (Lipinski definition) is 4. The molecule has 0 bridgehead atoms. The van der Waals surface area contributed by atoms with E-state index in [1.807, 2.05) is 0 Å². The summed E-state index contributed by atoms with van der Waals surface area (Å²) in [6.45, 7) is -0.482. The Morgan fingerprint density at radius 1 is 1.60 bits per heavy atom. The molecule has 10 heteroatoms. The van der Waals surface area contributed by atoms with Gasteiger partial charge in [-0.2, -0.15) is 0 Å². The molecule has 3 heterocycles. The van der Waals surface area contributed by atoms with Crippen LogP contribution in [-0.2, 0) is 4.74 Å². The highest BCUT2D eigenvalue weighted by atomic mass is 32.1. The monoisotopic (exact) mass is 301 g/mol. The molecule has 1 saturated heterocycles. The summed E-state index contributed by atoms with van der Waals surface area (Å²) in [6.07, 6.45) is -3.92. The van der Waals surface area contributed by atoms with Gasteiger partial charge in [0.05, 0.1) is 12.9 Å². The maximum atomic E-state index is 14.1. The van der Waals surface area contributed by atoms with Crippen molar-refractivity contribution >= 4 is 29.3 Å². The molecule has 0 spiro atoms. The number of H-pyrrole nitrogens is 1. The van der Waals surface area contributed by atoms with E-state index in [-0.39, 0.29) is 10.6 Å². The Balaban J connectivity index is 2.09. The van der Waals surface area contributed by atoms with E-state index < -0.39 is 31.2 Å². The average Bonchev–Trinajstić information content (AvgIpc) is 2.93. The van der Waals surface area contributed by atoms with E-state index in [1.54, 1.807) is 0 Å². The summed E-state index contributed by atoms with van der Waals surface area (Å²) in [6, 6.07) is 0. The summed E-state index contributed by atoms with van der Waals surface area (Å²) in [5.41, 5.74) is 6.27. The number of aliphatic hydroxyl groups excluding tert-OH is 2. The number of nitrogens with two attached hydrogens (primary N) is 1. The quantitative estimate of drug-likeness (QED) is 0.560. The maximum Gasteiger partial charge on any atom is 0.200 e. The third-order valence-corrected chi connectivity index (χ3v) is 3.50. The van der Waals surface area contributed by atoms with Gasteiger partial charge in [-0.05, 0) is 0 Å². The van der Waals surface area contributed by atoms with Crippen molar-refractivity contribution in [1.29, 1.82) is 0 Å². The van der Waals surface area contributed by atoms with Crippen LogP contribution in [0.1, 0.15) is 6.23 Å². The van der Waals surface area contributed by atoms with Gasteiger partial charge in [0.2, 0.25) is 0 Å². The predicted molar refractivity (Wildman–Crippen MR) is 69.0 cm³/mol. The van der Waals surface area contributed by atoms with Gasteiger partial charge in [0.25, 0.3) is 0 Å². The number of aromatic amines is 1. The molecule has 8 nitrogen and oxygen atoms in total. The van der Waals surface area contributed by atoms with Gasteiger partial charge < -0.3 is 25.7 Å². The van der Waals surface area contributed by atoms with E-state index in [1.165, 1.54) is 10.9 Å². The van der Waals surface area contributed by atoms with Crippen molar-refractivity contribution in [3.05, 3.63) is 11.0 Å². The number of aliphatic hydroxyl groups is 2.